The molecule has 1 aliphatic heterocycles. The number of sulfonamides is 1. The lowest BCUT2D eigenvalue weighted by molar-refractivity contribution is 0.552. The van der Waals surface area contributed by atoms with Gasteiger partial charge in [-0.25, -0.2) is 18.1 Å². The van der Waals surface area contributed by atoms with Crippen LogP contribution in [0, 0.1) is 0 Å². The molecule has 1 aliphatic rings. The first-order chi connectivity index (χ1) is 8.82. The summed E-state index contributed by atoms with van der Waals surface area (Å²) < 4.78 is 27.7. The number of halogens is 1. The normalized spacial score (nSPS) is 23.7. The Morgan fingerprint density at radius 2 is 2.37 bits per heavy atom. The second-order valence-electron chi connectivity index (χ2n) is 4.76. The highest BCUT2D eigenvalue weighted by atomic mass is 79.9. The molecule has 2 heterocycles. The van der Waals surface area contributed by atoms with Crippen molar-refractivity contribution in [2.75, 3.05) is 18.0 Å². The number of pyridine rings is 1. The Labute approximate surface area is 125 Å². The maximum absolute atomic E-state index is 12.2. The smallest absolute Gasteiger partial charge is 0.244 e. The first-order valence-electron chi connectivity index (χ1n) is 5.87. The van der Waals surface area contributed by atoms with Crippen molar-refractivity contribution in [3.63, 3.8) is 0 Å². The number of rotatable bonds is 4. The van der Waals surface area contributed by atoms with Crippen molar-refractivity contribution in [1.29, 1.82) is 0 Å². The minimum atomic E-state index is -3.62. The summed E-state index contributed by atoms with van der Waals surface area (Å²) in [5.74, 6) is 1.10. The van der Waals surface area contributed by atoms with E-state index in [2.05, 4.69) is 32.6 Å². The van der Waals surface area contributed by atoms with E-state index in [4.69, 9.17) is 5.73 Å². The van der Waals surface area contributed by atoms with Gasteiger partial charge in [-0.15, -0.1) is 0 Å². The second-order valence-corrected chi connectivity index (χ2v) is 9.10. The molecule has 19 heavy (non-hydrogen) atoms. The van der Waals surface area contributed by atoms with Crippen LogP contribution < -0.4 is 10.5 Å². The van der Waals surface area contributed by atoms with E-state index < -0.39 is 10.0 Å². The predicted molar refractivity (Wildman–Crippen MR) is 81.6 cm³/mol. The van der Waals surface area contributed by atoms with Crippen LogP contribution in [0.3, 0.4) is 0 Å². The summed E-state index contributed by atoms with van der Waals surface area (Å²) >= 11 is 5.01. The topological polar surface area (TPSA) is 85.1 Å². The van der Waals surface area contributed by atoms with Crippen molar-refractivity contribution in [1.82, 2.24) is 9.71 Å². The number of nitrogens with two attached hydrogens (primary N) is 1. The molecule has 106 valence electrons. The molecular formula is C11H16BrN3O2S2. The molecule has 0 spiro atoms. The van der Waals surface area contributed by atoms with Gasteiger partial charge in [0.15, 0.2) is 0 Å². The standard InChI is InChI=1S/C11H16BrN3O2S2/c1-11(3-2-4-18-11)7-15-19(16,17)9-5-8(12)6-14-10(9)13/h5-6,15H,2-4,7H2,1H3,(H2,13,14). The molecule has 5 nitrogen and oxygen atoms in total. The highest BCUT2D eigenvalue weighted by Gasteiger charge is 2.31. The van der Waals surface area contributed by atoms with Crippen LogP contribution in [0.1, 0.15) is 19.8 Å². The number of hydrogen-bond donors (Lipinski definition) is 2. The molecule has 8 heteroatoms. The van der Waals surface area contributed by atoms with E-state index in [1.165, 1.54) is 12.3 Å². The average molecular weight is 366 g/mol. The fourth-order valence-electron chi connectivity index (χ4n) is 1.95. The van der Waals surface area contributed by atoms with E-state index in [9.17, 15) is 8.42 Å². The fraction of sp³-hybridized carbons (Fsp3) is 0.545. The molecule has 1 fully saturated rings. The van der Waals surface area contributed by atoms with E-state index in [1.54, 1.807) is 11.8 Å². The number of hydrogen-bond acceptors (Lipinski definition) is 5. The van der Waals surface area contributed by atoms with Crippen LogP contribution in [0.5, 0.6) is 0 Å². The summed E-state index contributed by atoms with van der Waals surface area (Å²) in [7, 11) is -3.62. The molecule has 0 bridgehead atoms. The highest BCUT2D eigenvalue weighted by molar-refractivity contribution is 9.10. The molecule has 1 aromatic heterocycles. The SMILES string of the molecule is CC1(CNS(=O)(=O)c2cc(Br)cnc2N)CCCS1. The van der Waals surface area contributed by atoms with E-state index >= 15 is 0 Å². The molecule has 0 aromatic carbocycles. The zero-order valence-corrected chi connectivity index (χ0v) is 13.7. The Bertz CT molecular complexity index is 571. The lowest BCUT2D eigenvalue weighted by Crippen LogP contribution is -2.37. The number of nitrogen functional groups attached to an aromatic ring is 1. The van der Waals surface area contributed by atoms with Crippen molar-refractivity contribution in [3.05, 3.63) is 16.7 Å². The highest BCUT2D eigenvalue weighted by Crippen LogP contribution is 2.37. The van der Waals surface area contributed by atoms with Gasteiger partial charge in [-0.05, 0) is 47.5 Å². The van der Waals surface area contributed by atoms with Crippen LogP contribution in [0.15, 0.2) is 21.6 Å². The molecule has 0 saturated carbocycles. The molecule has 1 aromatic rings. The van der Waals surface area contributed by atoms with Crippen LogP contribution in [0.25, 0.3) is 0 Å². The molecule has 2 rings (SSSR count). The number of nitrogens with one attached hydrogen (secondary N) is 1. The molecule has 3 N–H and O–H groups in total. The number of nitrogens with zero attached hydrogens (tertiary/aromatic N) is 1. The van der Waals surface area contributed by atoms with Gasteiger partial charge in [-0.1, -0.05) is 0 Å². The molecule has 0 amide bonds. The Hall–Kier alpha value is -0.310. The van der Waals surface area contributed by atoms with Gasteiger partial charge >= 0.3 is 0 Å². The minimum Gasteiger partial charge on any atom is -0.383 e. The fourth-order valence-corrected chi connectivity index (χ4v) is 5.04. The lowest BCUT2D eigenvalue weighted by atomic mass is 10.1. The third-order valence-corrected chi connectivity index (χ3v) is 6.48. The zero-order chi connectivity index (χ0) is 14.1. The molecule has 1 atom stereocenters. The minimum absolute atomic E-state index is 0.0138. The summed E-state index contributed by atoms with van der Waals surface area (Å²) in [4.78, 5) is 3.87. The Kier molecular flexibility index (Phi) is 4.44. The molecule has 1 unspecified atom stereocenters. The Morgan fingerprint density at radius 1 is 1.63 bits per heavy atom. The average Bonchev–Trinajstić information content (AvgIpc) is 2.78. The Morgan fingerprint density at radius 3 is 3.00 bits per heavy atom. The summed E-state index contributed by atoms with van der Waals surface area (Å²) in [5, 5.41) is 0. The van der Waals surface area contributed by atoms with Gasteiger partial charge in [-0.2, -0.15) is 11.8 Å². The maximum Gasteiger partial charge on any atom is 0.244 e. The van der Waals surface area contributed by atoms with Crippen molar-refractivity contribution in [2.24, 2.45) is 0 Å². The maximum atomic E-state index is 12.2. The summed E-state index contributed by atoms with van der Waals surface area (Å²) in [6.07, 6.45) is 3.62. The number of aromatic nitrogens is 1. The Balaban J connectivity index is 2.16. The van der Waals surface area contributed by atoms with E-state index in [-0.39, 0.29) is 15.5 Å². The van der Waals surface area contributed by atoms with Crippen molar-refractivity contribution < 1.29 is 8.42 Å². The van der Waals surface area contributed by atoms with Crippen LogP contribution in [0.2, 0.25) is 0 Å². The molecule has 0 radical (unpaired) electrons. The number of thioether (sulfide) groups is 1. The predicted octanol–water partition coefficient (Wildman–Crippen LogP) is 1.99. The molecule has 0 aliphatic carbocycles. The largest absolute Gasteiger partial charge is 0.383 e. The first kappa shape index (κ1) is 15.1. The zero-order valence-electron chi connectivity index (χ0n) is 10.5. The van der Waals surface area contributed by atoms with Crippen LogP contribution in [0.4, 0.5) is 5.82 Å². The van der Waals surface area contributed by atoms with Crippen molar-refractivity contribution >= 4 is 43.5 Å². The monoisotopic (exact) mass is 365 g/mol. The van der Waals surface area contributed by atoms with Crippen LogP contribution in [-0.4, -0.2) is 30.4 Å². The third-order valence-electron chi connectivity index (χ3n) is 3.07. The number of anilines is 1. The van der Waals surface area contributed by atoms with E-state index in [0.717, 1.165) is 18.6 Å². The third kappa shape index (κ3) is 3.62. The summed E-state index contributed by atoms with van der Waals surface area (Å²) in [6, 6.07) is 1.47. The van der Waals surface area contributed by atoms with Gasteiger partial charge in [0.2, 0.25) is 10.0 Å². The van der Waals surface area contributed by atoms with E-state index in [0.29, 0.717) is 11.0 Å². The van der Waals surface area contributed by atoms with Crippen molar-refractivity contribution in [2.45, 2.75) is 29.4 Å². The summed E-state index contributed by atoms with van der Waals surface area (Å²) in [6.45, 7) is 2.49. The van der Waals surface area contributed by atoms with E-state index in [1.807, 2.05) is 0 Å². The quantitative estimate of drug-likeness (QED) is 0.851. The summed E-state index contributed by atoms with van der Waals surface area (Å²) in [5.41, 5.74) is 5.64. The second kappa shape index (κ2) is 5.59. The molecular weight excluding hydrogens is 350 g/mol. The van der Waals surface area contributed by atoms with Gasteiger partial charge < -0.3 is 5.73 Å². The van der Waals surface area contributed by atoms with Gasteiger partial charge in [0.05, 0.1) is 0 Å². The lowest BCUT2D eigenvalue weighted by Gasteiger charge is -2.22. The van der Waals surface area contributed by atoms with Crippen molar-refractivity contribution in [3.8, 4) is 0 Å². The van der Waals surface area contributed by atoms with Gasteiger partial charge in [-0.3, -0.25) is 0 Å². The van der Waals surface area contributed by atoms with Gasteiger partial charge in [0.1, 0.15) is 10.7 Å². The van der Waals surface area contributed by atoms with Crippen LogP contribution in [-0.2, 0) is 10.0 Å². The first-order valence-corrected chi connectivity index (χ1v) is 9.13. The van der Waals surface area contributed by atoms with Gasteiger partial charge in [0.25, 0.3) is 0 Å². The molecule has 1 saturated heterocycles. The van der Waals surface area contributed by atoms with Gasteiger partial charge in [0, 0.05) is 22.0 Å². The van der Waals surface area contributed by atoms with Crippen LogP contribution >= 0.6 is 27.7 Å².